The average molecular weight is 650 g/mol. The summed E-state index contributed by atoms with van der Waals surface area (Å²) in [5.41, 5.74) is 13.1. The molecule has 3 aromatic heterocycles. The van der Waals surface area contributed by atoms with Crippen molar-refractivity contribution in [3.05, 3.63) is 113 Å². The first-order valence-corrected chi connectivity index (χ1v) is 17.1. The molecule has 0 amide bonds. The second-order valence-corrected chi connectivity index (χ2v) is 14.0. The van der Waals surface area contributed by atoms with E-state index in [1.165, 1.54) is 5.56 Å². The molecule has 0 fully saturated rings. The van der Waals surface area contributed by atoms with Crippen molar-refractivity contribution >= 4 is 46.4 Å². The number of H-pyrrole nitrogens is 2. The van der Waals surface area contributed by atoms with E-state index in [4.69, 9.17) is 14.7 Å². The lowest BCUT2D eigenvalue weighted by Crippen LogP contribution is -2.45. The standard InChI is InChI=1S/C42H45N6O/c1-29-7-9-30(10-8-29)41-37-19-13-32(43-37)27-34-15-21-39(45-34)42(40-22-16-35(46-40)28-33-14-20-38(41)44-33)31-11-17-36(18-12-31)49-26-6-24-48(4,5)25-23-47(2)3/h7-22,27-28,43,46H,6,23-26H2,1-5H3/q+1. The van der Waals surface area contributed by atoms with E-state index in [0.717, 1.165) is 103 Å². The van der Waals surface area contributed by atoms with Crippen molar-refractivity contribution in [2.45, 2.75) is 13.3 Å². The molecule has 0 saturated carbocycles. The Morgan fingerprint density at radius 1 is 0.653 bits per heavy atom. The van der Waals surface area contributed by atoms with Crippen LogP contribution in [-0.2, 0) is 0 Å². The molecule has 5 heterocycles. The zero-order chi connectivity index (χ0) is 34.0. The summed E-state index contributed by atoms with van der Waals surface area (Å²) in [5.74, 6) is 0.878. The third kappa shape index (κ3) is 7.59. The van der Waals surface area contributed by atoms with Gasteiger partial charge >= 0.3 is 0 Å². The summed E-state index contributed by atoms with van der Waals surface area (Å²) in [5, 5.41) is 0. The molecular weight excluding hydrogens is 605 g/mol. The molecule has 2 aromatic carbocycles. The molecular formula is C42H45N6O+. The van der Waals surface area contributed by atoms with Gasteiger partial charge < -0.3 is 24.1 Å². The number of likely N-dealkylation sites (N-methyl/N-ethyl adjacent to an activating group) is 2. The van der Waals surface area contributed by atoms with Crippen molar-refractivity contribution in [2.24, 2.45) is 0 Å². The third-order valence-corrected chi connectivity index (χ3v) is 9.21. The molecule has 0 spiro atoms. The fourth-order valence-electron chi connectivity index (χ4n) is 6.38. The van der Waals surface area contributed by atoms with E-state index in [1.807, 2.05) is 0 Å². The Kier molecular flexibility index (Phi) is 9.04. The first-order chi connectivity index (χ1) is 23.7. The van der Waals surface area contributed by atoms with E-state index in [-0.39, 0.29) is 0 Å². The summed E-state index contributed by atoms with van der Waals surface area (Å²) in [4.78, 5) is 19.7. The van der Waals surface area contributed by atoms with Gasteiger partial charge in [-0.1, -0.05) is 42.0 Å². The van der Waals surface area contributed by atoms with Crippen molar-refractivity contribution in [2.75, 3.05) is 54.4 Å². The molecule has 5 aromatic rings. The number of aromatic nitrogens is 4. The minimum absolute atomic E-state index is 0.696. The minimum atomic E-state index is 0.696. The molecule has 0 unspecified atom stereocenters. The van der Waals surface area contributed by atoms with Gasteiger partial charge in [0.2, 0.25) is 0 Å². The molecule has 248 valence electrons. The van der Waals surface area contributed by atoms with Gasteiger partial charge in [0.15, 0.2) is 0 Å². The van der Waals surface area contributed by atoms with Crippen LogP contribution in [0, 0.1) is 6.92 Å². The number of nitrogens with one attached hydrogen (secondary N) is 2. The number of rotatable bonds is 10. The highest BCUT2D eigenvalue weighted by molar-refractivity contribution is 5.93. The Bertz CT molecular complexity index is 2180. The highest BCUT2D eigenvalue weighted by atomic mass is 16.5. The fraction of sp³-hybridized carbons (Fsp3) is 0.238. The number of benzene rings is 2. The van der Waals surface area contributed by atoms with Crippen LogP contribution in [0.2, 0.25) is 0 Å². The summed E-state index contributed by atoms with van der Waals surface area (Å²) in [6.07, 6.45) is 9.36. The molecule has 7 rings (SSSR count). The number of quaternary nitrogens is 1. The van der Waals surface area contributed by atoms with Crippen LogP contribution in [-0.4, -0.2) is 83.8 Å². The molecule has 7 nitrogen and oxygen atoms in total. The molecule has 49 heavy (non-hydrogen) atoms. The Labute approximate surface area is 288 Å². The molecule has 0 saturated heterocycles. The number of ether oxygens (including phenoxy) is 1. The maximum atomic E-state index is 6.18. The molecule has 2 N–H and O–H groups in total. The van der Waals surface area contributed by atoms with Crippen LogP contribution in [0.25, 0.3) is 68.6 Å². The topological polar surface area (TPSA) is 69.8 Å². The maximum absolute atomic E-state index is 6.18. The summed E-state index contributed by atoms with van der Waals surface area (Å²) in [6.45, 7) is 6.09. The zero-order valence-corrected chi connectivity index (χ0v) is 29.1. The van der Waals surface area contributed by atoms with Gasteiger partial charge in [-0.25, -0.2) is 9.97 Å². The van der Waals surface area contributed by atoms with Gasteiger partial charge in [-0.3, -0.25) is 0 Å². The van der Waals surface area contributed by atoms with Crippen LogP contribution in [0.5, 0.6) is 5.75 Å². The summed E-state index contributed by atoms with van der Waals surface area (Å²) >= 11 is 0. The van der Waals surface area contributed by atoms with Crippen molar-refractivity contribution in [3.63, 3.8) is 0 Å². The first kappa shape index (κ1) is 32.3. The van der Waals surface area contributed by atoms with Gasteiger partial charge in [0.25, 0.3) is 0 Å². The number of hydrogen-bond donors (Lipinski definition) is 2. The third-order valence-electron chi connectivity index (χ3n) is 9.21. The average Bonchev–Trinajstić information content (AvgIpc) is 3.91. The second kappa shape index (κ2) is 13.7. The van der Waals surface area contributed by atoms with E-state index >= 15 is 0 Å². The lowest BCUT2D eigenvalue weighted by Gasteiger charge is -2.31. The van der Waals surface area contributed by atoms with Gasteiger partial charge in [0.1, 0.15) is 5.75 Å². The van der Waals surface area contributed by atoms with Crippen LogP contribution in [0.1, 0.15) is 34.8 Å². The molecule has 0 aliphatic carbocycles. The van der Waals surface area contributed by atoms with Crippen molar-refractivity contribution in [1.29, 1.82) is 0 Å². The van der Waals surface area contributed by atoms with Crippen LogP contribution in [0.3, 0.4) is 0 Å². The van der Waals surface area contributed by atoms with Crippen LogP contribution >= 0.6 is 0 Å². The largest absolute Gasteiger partial charge is 0.493 e. The number of fused-ring (bicyclic) bond motifs is 8. The summed E-state index contributed by atoms with van der Waals surface area (Å²) in [7, 11) is 8.84. The Morgan fingerprint density at radius 3 is 1.71 bits per heavy atom. The minimum Gasteiger partial charge on any atom is -0.493 e. The summed E-state index contributed by atoms with van der Waals surface area (Å²) in [6, 6.07) is 29.7. The zero-order valence-electron chi connectivity index (χ0n) is 29.1. The molecule has 7 heteroatoms. The Balaban J connectivity index is 1.24. The molecule has 8 bridgehead atoms. The quantitative estimate of drug-likeness (QED) is 0.115. The lowest BCUT2D eigenvalue weighted by molar-refractivity contribution is -0.890. The van der Waals surface area contributed by atoms with Crippen molar-refractivity contribution < 1.29 is 9.22 Å². The van der Waals surface area contributed by atoms with Crippen LogP contribution in [0.15, 0.2) is 84.9 Å². The number of hydrogen-bond acceptors (Lipinski definition) is 4. The smallest absolute Gasteiger partial charge is 0.119 e. The molecule has 0 atom stereocenters. The second-order valence-electron chi connectivity index (χ2n) is 14.0. The highest BCUT2D eigenvalue weighted by Crippen LogP contribution is 2.33. The monoisotopic (exact) mass is 649 g/mol. The van der Waals surface area contributed by atoms with Gasteiger partial charge in [0.05, 0.1) is 56.6 Å². The number of nitrogens with zero attached hydrogens (tertiary/aromatic N) is 4. The highest BCUT2D eigenvalue weighted by Gasteiger charge is 2.16. The van der Waals surface area contributed by atoms with Gasteiger partial charge in [0, 0.05) is 46.2 Å². The van der Waals surface area contributed by atoms with Crippen molar-refractivity contribution in [1.82, 2.24) is 24.8 Å². The van der Waals surface area contributed by atoms with E-state index in [2.05, 4.69) is 159 Å². The Morgan fingerprint density at radius 2 is 1.18 bits per heavy atom. The van der Waals surface area contributed by atoms with E-state index in [1.54, 1.807) is 0 Å². The van der Waals surface area contributed by atoms with Crippen molar-refractivity contribution in [3.8, 4) is 28.0 Å². The fourth-order valence-corrected chi connectivity index (χ4v) is 6.38. The summed E-state index contributed by atoms with van der Waals surface area (Å²) < 4.78 is 7.17. The normalized spacial score (nSPS) is 12.6. The van der Waals surface area contributed by atoms with Gasteiger partial charge in [-0.2, -0.15) is 0 Å². The first-order valence-electron chi connectivity index (χ1n) is 17.1. The van der Waals surface area contributed by atoms with Gasteiger partial charge in [-0.05, 0) is 105 Å². The van der Waals surface area contributed by atoms with Crippen LogP contribution in [0.4, 0.5) is 0 Å². The number of aromatic amines is 2. The Hall–Kier alpha value is -5.24. The maximum Gasteiger partial charge on any atom is 0.119 e. The molecule has 0 radical (unpaired) electrons. The number of aryl methyl sites for hydroxylation is 1. The van der Waals surface area contributed by atoms with Gasteiger partial charge in [-0.15, -0.1) is 0 Å². The van der Waals surface area contributed by atoms with E-state index < -0.39 is 0 Å². The predicted molar refractivity (Wildman–Crippen MR) is 205 cm³/mol. The van der Waals surface area contributed by atoms with E-state index in [0.29, 0.717) is 6.61 Å². The molecule has 2 aliphatic heterocycles. The molecule has 2 aliphatic rings. The SMILES string of the molecule is Cc1ccc(-c2c3nc(cc4ccc([nH]4)c(-c4ccc(OCCC[N+](C)(C)CCN(C)C)cc4)c4nc(cc5ccc2[nH]5)C=C4)C=C3)cc1. The van der Waals surface area contributed by atoms with E-state index in [9.17, 15) is 0 Å². The van der Waals surface area contributed by atoms with Crippen LogP contribution < -0.4 is 4.74 Å². The lowest BCUT2D eigenvalue weighted by atomic mass is 10.0. The predicted octanol–water partition coefficient (Wildman–Crippen LogP) is 8.70.